The van der Waals surface area contributed by atoms with E-state index in [4.69, 9.17) is 4.74 Å². The Bertz CT molecular complexity index is 306. The molecule has 0 saturated heterocycles. The molecule has 1 aromatic rings. The van der Waals surface area contributed by atoms with E-state index in [0.29, 0.717) is 0 Å². The highest BCUT2D eigenvalue weighted by atomic mass is 32.1. The van der Waals surface area contributed by atoms with Gasteiger partial charge in [0, 0.05) is 0 Å². The fourth-order valence-electron chi connectivity index (χ4n) is 1.67. The van der Waals surface area contributed by atoms with Gasteiger partial charge in [-0.3, -0.25) is 4.79 Å². The van der Waals surface area contributed by atoms with Crippen LogP contribution in [0.2, 0.25) is 0 Å². The Hall–Kier alpha value is -0.670. The molecule has 96 valence electrons. The molecule has 0 saturated carbocycles. The van der Waals surface area contributed by atoms with Crippen molar-refractivity contribution in [1.82, 2.24) is 0 Å². The summed E-state index contributed by atoms with van der Waals surface area (Å²) in [5.41, 5.74) is 0. The highest BCUT2D eigenvalue weighted by Gasteiger charge is 2.09. The summed E-state index contributed by atoms with van der Waals surface area (Å²) in [5.74, 6) is 0.0976. The largest absolute Gasteiger partial charge is 0.370 e. The van der Waals surface area contributed by atoms with Gasteiger partial charge in [0.05, 0.1) is 11.0 Å². The lowest BCUT2D eigenvalue weighted by Crippen LogP contribution is -2.15. The van der Waals surface area contributed by atoms with Gasteiger partial charge in [-0.1, -0.05) is 38.7 Å². The molecule has 3 heteroatoms. The minimum absolute atomic E-state index is 0.0976. The van der Waals surface area contributed by atoms with Crippen LogP contribution in [0.4, 0.5) is 0 Å². The van der Waals surface area contributed by atoms with E-state index in [-0.39, 0.29) is 18.5 Å². The SMILES string of the molecule is CCCCCCC(C)OCC(=O)c1cccs1. The molecule has 1 unspecified atom stereocenters. The maximum absolute atomic E-state index is 11.7. The van der Waals surface area contributed by atoms with E-state index in [2.05, 4.69) is 6.92 Å². The summed E-state index contributed by atoms with van der Waals surface area (Å²) in [5, 5.41) is 1.92. The molecule has 1 rings (SSSR count). The summed E-state index contributed by atoms with van der Waals surface area (Å²) >= 11 is 1.48. The molecular weight excluding hydrogens is 232 g/mol. The van der Waals surface area contributed by atoms with E-state index in [9.17, 15) is 4.79 Å². The second-order valence-electron chi connectivity index (χ2n) is 4.37. The number of unbranched alkanes of at least 4 members (excludes halogenated alkanes) is 3. The van der Waals surface area contributed by atoms with Crippen molar-refractivity contribution in [3.05, 3.63) is 22.4 Å². The van der Waals surface area contributed by atoms with Crippen LogP contribution in [0.5, 0.6) is 0 Å². The molecule has 0 bridgehead atoms. The van der Waals surface area contributed by atoms with E-state index < -0.39 is 0 Å². The van der Waals surface area contributed by atoms with E-state index in [1.54, 1.807) is 0 Å². The van der Waals surface area contributed by atoms with Gasteiger partial charge in [-0.05, 0) is 24.8 Å². The van der Waals surface area contributed by atoms with Crippen LogP contribution in [0.3, 0.4) is 0 Å². The average molecular weight is 254 g/mol. The van der Waals surface area contributed by atoms with Gasteiger partial charge in [-0.2, -0.15) is 0 Å². The van der Waals surface area contributed by atoms with E-state index in [1.165, 1.54) is 37.0 Å². The Morgan fingerprint density at radius 2 is 2.24 bits per heavy atom. The monoisotopic (exact) mass is 254 g/mol. The predicted molar refractivity (Wildman–Crippen MR) is 72.8 cm³/mol. The molecule has 17 heavy (non-hydrogen) atoms. The van der Waals surface area contributed by atoms with Crippen molar-refractivity contribution >= 4 is 17.1 Å². The summed E-state index contributed by atoms with van der Waals surface area (Å²) < 4.78 is 5.56. The molecule has 0 fully saturated rings. The number of Topliss-reactive ketones (excluding diaryl/α,β-unsaturated/α-hetero) is 1. The molecule has 0 aliphatic carbocycles. The van der Waals surface area contributed by atoms with Crippen LogP contribution < -0.4 is 0 Å². The van der Waals surface area contributed by atoms with Crippen LogP contribution in [0.25, 0.3) is 0 Å². The van der Waals surface area contributed by atoms with E-state index in [0.717, 1.165) is 11.3 Å². The van der Waals surface area contributed by atoms with Crippen LogP contribution in [-0.2, 0) is 4.74 Å². The summed E-state index contributed by atoms with van der Waals surface area (Å²) in [6.07, 6.45) is 6.26. The van der Waals surface area contributed by atoms with Crippen LogP contribution in [0, 0.1) is 0 Å². The fraction of sp³-hybridized carbons (Fsp3) is 0.643. The first-order valence-corrected chi connectivity index (χ1v) is 7.30. The topological polar surface area (TPSA) is 26.3 Å². The van der Waals surface area contributed by atoms with Crippen molar-refractivity contribution in [2.75, 3.05) is 6.61 Å². The predicted octanol–water partition coefficient (Wildman–Crippen LogP) is 4.31. The molecule has 0 N–H and O–H groups in total. The number of rotatable bonds is 9. The third-order valence-electron chi connectivity index (χ3n) is 2.76. The number of thiophene rings is 1. The second kappa shape index (κ2) is 8.43. The van der Waals surface area contributed by atoms with Crippen molar-refractivity contribution in [2.45, 2.75) is 52.1 Å². The molecule has 1 atom stereocenters. The highest BCUT2D eigenvalue weighted by Crippen LogP contribution is 2.11. The van der Waals surface area contributed by atoms with Gasteiger partial charge in [0.2, 0.25) is 0 Å². The summed E-state index contributed by atoms with van der Waals surface area (Å²) in [6.45, 7) is 4.47. The van der Waals surface area contributed by atoms with E-state index in [1.807, 2.05) is 24.4 Å². The van der Waals surface area contributed by atoms with Gasteiger partial charge in [0.1, 0.15) is 6.61 Å². The average Bonchev–Trinajstić information content (AvgIpc) is 2.85. The number of carbonyl (C=O) groups is 1. The van der Waals surface area contributed by atoms with E-state index >= 15 is 0 Å². The van der Waals surface area contributed by atoms with Crippen LogP contribution in [-0.4, -0.2) is 18.5 Å². The van der Waals surface area contributed by atoms with Gasteiger partial charge in [0.15, 0.2) is 5.78 Å². The Kier molecular flexibility index (Phi) is 7.13. The Labute approximate surface area is 108 Å². The minimum atomic E-state index is 0.0976. The third kappa shape index (κ3) is 5.99. The molecule has 0 aliphatic rings. The first kappa shape index (κ1) is 14.4. The standard InChI is InChI=1S/C14H22O2S/c1-3-4-5-6-8-12(2)16-11-13(15)14-9-7-10-17-14/h7,9-10,12H,3-6,8,11H2,1-2H3. The van der Waals surface area contributed by atoms with Crippen LogP contribution in [0.15, 0.2) is 17.5 Å². The molecule has 0 aliphatic heterocycles. The second-order valence-corrected chi connectivity index (χ2v) is 5.32. The highest BCUT2D eigenvalue weighted by molar-refractivity contribution is 7.12. The van der Waals surface area contributed by atoms with Crippen LogP contribution >= 0.6 is 11.3 Å². The lowest BCUT2D eigenvalue weighted by Gasteiger charge is -2.11. The normalized spacial score (nSPS) is 12.6. The number of hydrogen-bond acceptors (Lipinski definition) is 3. The summed E-state index contributed by atoms with van der Waals surface area (Å²) in [7, 11) is 0. The van der Waals surface area contributed by atoms with Gasteiger partial charge < -0.3 is 4.74 Å². The Balaban J connectivity index is 2.11. The zero-order chi connectivity index (χ0) is 12.5. The smallest absolute Gasteiger partial charge is 0.198 e. The molecule has 0 amide bonds. The molecule has 1 aromatic heterocycles. The molecule has 2 nitrogen and oxygen atoms in total. The fourth-order valence-corrected chi connectivity index (χ4v) is 2.32. The molecule has 0 spiro atoms. The van der Waals surface area contributed by atoms with Crippen molar-refractivity contribution in [3.63, 3.8) is 0 Å². The zero-order valence-electron chi connectivity index (χ0n) is 10.8. The van der Waals surface area contributed by atoms with Crippen LogP contribution in [0.1, 0.15) is 55.6 Å². The number of hydrogen-bond donors (Lipinski definition) is 0. The minimum Gasteiger partial charge on any atom is -0.370 e. The zero-order valence-corrected chi connectivity index (χ0v) is 11.6. The Morgan fingerprint density at radius 3 is 2.88 bits per heavy atom. The first-order chi connectivity index (χ1) is 8.24. The summed E-state index contributed by atoms with van der Waals surface area (Å²) in [6, 6.07) is 3.74. The molecule has 0 radical (unpaired) electrons. The Morgan fingerprint density at radius 1 is 1.41 bits per heavy atom. The van der Waals surface area contributed by atoms with Gasteiger partial charge in [-0.15, -0.1) is 11.3 Å². The number of ketones is 1. The van der Waals surface area contributed by atoms with Gasteiger partial charge >= 0.3 is 0 Å². The lowest BCUT2D eigenvalue weighted by molar-refractivity contribution is 0.0486. The summed E-state index contributed by atoms with van der Waals surface area (Å²) in [4.78, 5) is 12.5. The van der Waals surface area contributed by atoms with Crippen molar-refractivity contribution in [3.8, 4) is 0 Å². The molecule has 1 heterocycles. The van der Waals surface area contributed by atoms with Gasteiger partial charge in [0.25, 0.3) is 0 Å². The lowest BCUT2D eigenvalue weighted by atomic mass is 10.1. The van der Waals surface area contributed by atoms with Crippen molar-refractivity contribution < 1.29 is 9.53 Å². The van der Waals surface area contributed by atoms with Gasteiger partial charge in [-0.25, -0.2) is 0 Å². The van der Waals surface area contributed by atoms with Crippen molar-refractivity contribution in [1.29, 1.82) is 0 Å². The number of carbonyl (C=O) groups excluding carboxylic acids is 1. The maximum atomic E-state index is 11.7. The third-order valence-corrected chi connectivity index (χ3v) is 3.67. The number of ether oxygens (including phenoxy) is 1. The first-order valence-electron chi connectivity index (χ1n) is 6.42. The molecule has 0 aromatic carbocycles. The molecular formula is C14H22O2S. The van der Waals surface area contributed by atoms with Crippen molar-refractivity contribution in [2.24, 2.45) is 0 Å². The maximum Gasteiger partial charge on any atom is 0.198 e. The quantitative estimate of drug-likeness (QED) is 0.485.